The normalized spacial score (nSPS) is 11.6. The fraction of sp³-hybridized carbons (Fsp3) is 0.545. The Morgan fingerprint density at radius 2 is 2.06 bits per heavy atom. The third-order valence-corrected chi connectivity index (χ3v) is 2.61. The van der Waals surface area contributed by atoms with Crippen LogP contribution in [0.15, 0.2) is 12.3 Å². The van der Waals surface area contributed by atoms with Crippen LogP contribution >= 0.6 is 0 Å². The number of pyridine rings is 1. The van der Waals surface area contributed by atoms with Crippen LogP contribution in [0.25, 0.3) is 0 Å². The molecule has 1 aromatic rings. The zero-order valence-corrected chi connectivity index (χ0v) is 9.70. The molecule has 0 spiro atoms. The number of nitrogens with zero attached hydrogens (tertiary/aromatic N) is 1. The minimum atomic E-state index is -0.787. The Balaban J connectivity index is 3.01. The van der Waals surface area contributed by atoms with Crippen molar-refractivity contribution in [2.45, 2.75) is 25.9 Å². The van der Waals surface area contributed by atoms with E-state index in [2.05, 4.69) is 10.3 Å². The molecule has 0 fully saturated rings. The molecular weight excluding hydrogens is 206 g/mol. The average molecular weight is 225 g/mol. The van der Waals surface area contributed by atoms with Crippen LogP contribution in [0, 0.1) is 6.92 Å². The third-order valence-electron chi connectivity index (χ3n) is 2.61. The van der Waals surface area contributed by atoms with E-state index in [0.29, 0.717) is 12.4 Å². The number of nitrogens with one attached hydrogen (secondary N) is 1. The van der Waals surface area contributed by atoms with Gasteiger partial charge in [-0.05, 0) is 25.5 Å². The summed E-state index contributed by atoms with van der Waals surface area (Å²) in [5.74, 6) is 0.619. The predicted octanol–water partition coefficient (Wildman–Crippen LogP) is 0.00392. The molecule has 0 aromatic carbocycles. The summed E-state index contributed by atoms with van der Waals surface area (Å²) in [7, 11) is 0. The van der Waals surface area contributed by atoms with Gasteiger partial charge in [0.1, 0.15) is 5.82 Å². The molecule has 1 aromatic heterocycles. The van der Waals surface area contributed by atoms with E-state index in [0.717, 1.165) is 11.1 Å². The zero-order chi connectivity index (χ0) is 12.2. The molecule has 16 heavy (non-hydrogen) atoms. The maximum absolute atomic E-state index is 9.20. The zero-order valence-electron chi connectivity index (χ0n) is 9.70. The van der Waals surface area contributed by atoms with Crippen LogP contribution in [0.5, 0.6) is 0 Å². The van der Waals surface area contributed by atoms with Crippen molar-refractivity contribution < 1.29 is 10.2 Å². The number of hydrogen-bond donors (Lipinski definition) is 4. The Hall–Kier alpha value is -1.17. The van der Waals surface area contributed by atoms with Crippen molar-refractivity contribution in [2.24, 2.45) is 5.73 Å². The van der Waals surface area contributed by atoms with E-state index < -0.39 is 5.54 Å². The van der Waals surface area contributed by atoms with Crippen LogP contribution in [0.4, 0.5) is 5.82 Å². The van der Waals surface area contributed by atoms with Crippen molar-refractivity contribution in [3.8, 4) is 0 Å². The lowest BCUT2D eigenvalue weighted by molar-refractivity contribution is 0.147. The summed E-state index contributed by atoms with van der Waals surface area (Å²) >= 11 is 0. The van der Waals surface area contributed by atoms with Gasteiger partial charge in [-0.15, -0.1) is 0 Å². The van der Waals surface area contributed by atoms with Crippen molar-refractivity contribution >= 4 is 5.82 Å². The van der Waals surface area contributed by atoms with Crippen molar-refractivity contribution in [3.63, 3.8) is 0 Å². The van der Waals surface area contributed by atoms with E-state index in [4.69, 9.17) is 5.73 Å². The van der Waals surface area contributed by atoms with Gasteiger partial charge in [0.25, 0.3) is 0 Å². The number of aliphatic hydroxyl groups is 2. The van der Waals surface area contributed by atoms with Crippen molar-refractivity contribution in [2.75, 3.05) is 18.5 Å². The van der Waals surface area contributed by atoms with E-state index in [1.165, 1.54) is 0 Å². The first-order valence-corrected chi connectivity index (χ1v) is 5.21. The average Bonchev–Trinajstić information content (AvgIpc) is 2.29. The summed E-state index contributed by atoms with van der Waals surface area (Å²) in [6, 6.07) is 1.88. The summed E-state index contributed by atoms with van der Waals surface area (Å²) in [5, 5.41) is 21.4. The van der Waals surface area contributed by atoms with Crippen LogP contribution in [0.2, 0.25) is 0 Å². The molecule has 5 N–H and O–H groups in total. The van der Waals surface area contributed by atoms with Gasteiger partial charge in [-0.3, -0.25) is 0 Å². The van der Waals surface area contributed by atoms with Gasteiger partial charge in [0, 0.05) is 18.3 Å². The second kappa shape index (κ2) is 5.25. The Bertz CT molecular complexity index is 351. The Morgan fingerprint density at radius 1 is 1.44 bits per heavy atom. The molecule has 0 amide bonds. The Labute approximate surface area is 95.3 Å². The highest BCUT2D eigenvalue weighted by Gasteiger charge is 2.23. The molecule has 0 aliphatic heterocycles. The van der Waals surface area contributed by atoms with Gasteiger partial charge < -0.3 is 21.3 Å². The molecule has 0 bridgehead atoms. The Kier molecular flexibility index (Phi) is 4.23. The van der Waals surface area contributed by atoms with Gasteiger partial charge in [-0.25, -0.2) is 4.98 Å². The Morgan fingerprint density at radius 3 is 2.56 bits per heavy atom. The number of rotatable bonds is 5. The maximum Gasteiger partial charge on any atom is 0.131 e. The molecule has 0 aliphatic rings. The molecular formula is C11H19N3O2. The smallest absolute Gasteiger partial charge is 0.131 e. The first-order valence-electron chi connectivity index (χ1n) is 5.21. The van der Waals surface area contributed by atoms with E-state index in [1.807, 2.05) is 13.0 Å². The summed E-state index contributed by atoms with van der Waals surface area (Å²) in [4.78, 5) is 4.18. The fourth-order valence-corrected chi connectivity index (χ4v) is 1.37. The molecule has 5 heteroatoms. The third kappa shape index (κ3) is 2.69. The van der Waals surface area contributed by atoms with Gasteiger partial charge in [-0.1, -0.05) is 0 Å². The van der Waals surface area contributed by atoms with Crippen LogP contribution in [0.1, 0.15) is 18.1 Å². The summed E-state index contributed by atoms with van der Waals surface area (Å²) in [6.07, 6.45) is 1.67. The number of nitrogens with two attached hydrogens (primary N) is 1. The van der Waals surface area contributed by atoms with Crippen LogP contribution in [-0.4, -0.2) is 33.9 Å². The van der Waals surface area contributed by atoms with Crippen molar-refractivity contribution in [1.29, 1.82) is 0 Å². The predicted molar refractivity (Wildman–Crippen MR) is 63.1 cm³/mol. The molecule has 0 aliphatic carbocycles. The van der Waals surface area contributed by atoms with Gasteiger partial charge in [-0.2, -0.15) is 0 Å². The quantitative estimate of drug-likeness (QED) is 0.566. The first kappa shape index (κ1) is 12.9. The summed E-state index contributed by atoms with van der Waals surface area (Å²) in [5.41, 5.74) is 6.80. The van der Waals surface area contributed by atoms with Gasteiger partial charge in [0.2, 0.25) is 0 Å². The van der Waals surface area contributed by atoms with Crippen LogP contribution in [-0.2, 0) is 6.54 Å². The monoisotopic (exact) mass is 225 g/mol. The summed E-state index contributed by atoms with van der Waals surface area (Å²) < 4.78 is 0. The second-order valence-corrected chi connectivity index (χ2v) is 4.16. The molecule has 0 saturated heterocycles. The van der Waals surface area contributed by atoms with Gasteiger partial charge >= 0.3 is 0 Å². The molecule has 5 nitrogen and oxygen atoms in total. The molecule has 0 saturated carbocycles. The molecule has 0 unspecified atom stereocenters. The maximum atomic E-state index is 9.20. The number of aliphatic hydroxyl groups excluding tert-OH is 2. The number of hydrogen-bond acceptors (Lipinski definition) is 5. The number of aryl methyl sites for hydroxylation is 1. The molecule has 0 atom stereocenters. The van der Waals surface area contributed by atoms with Crippen molar-refractivity contribution in [3.05, 3.63) is 23.4 Å². The van der Waals surface area contributed by atoms with Crippen LogP contribution < -0.4 is 11.1 Å². The molecule has 1 heterocycles. The van der Waals surface area contributed by atoms with E-state index in [1.54, 1.807) is 13.1 Å². The minimum Gasteiger partial charge on any atom is -0.394 e. The van der Waals surface area contributed by atoms with E-state index in [-0.39, 0.29) is 13.2 Å². The first-order chi connectivity index (χ1) is 7.56. The highest BCUT2D eigenvalue weighted by molar-refractivity contribution is 5.49. The topological polar surface area (TPSA) is 91.4 Å². The van der Waals surface area contributed by atoms with Gasteiger partial charge in [0.15, 0.2) is 0 Å². The van der Waals surface area contributed by atoms with Crippen molar-refractivity contribution in [1.82, 2.24) is 4.98 Å². The summed E-state index contributed by atoms with van der Waals surface area (Å²) in [6.45, 7) is 3.68. The van der Waals surface area contributed by atoms with E-state index in [9.17, 15) is 10.2 Å². The lowest BCUT2D eigenvalue weighted by atomic mass is 10.0. The molecule has 0 radical (unpaired) electrons. The minimum absolute atomic E-state index is 0.177. The SMILES string of the molecule is Cc1ccnc(NC(C)(CO)CO)c1CN. The van der Waals surface area contributed by atoms with Gasteiger partial charge in [0.05, 0.1) is 18.8 Å². The fourth-order valence-electron chi connectivity index (χ4n) is 1.37. The lowest BCUT2D eigenvalue weighted by Gasteiger charge is -2.28. The second-order valence-electron chi connectivity index (χ2n) is 4.16. The molecule has 90 valence electrons. The largest absolute Gasteiger partial charge is 0.394 e. The number of aromatic nitrogens is 1. The van der Waals surface area contributed by atoms with E-state index >= 15 is 0 Å². The number of anilines is 1. The molecule has 1 rings (SSSR count). The highest BCUT2D eigenvalue weighted by atomic mass is 16.3. The highest BCUT2D eigenvalue weighted by Crippen LogP contribution is 2.19. The standard InChI is InChI=1S/C11H19N3O2/c1-8-3-4-13-10(9(8)5-12)14-11(2,6-15)7-16/h3-4,15-16H,5-7,12H2,1-2H3,(H,13,14). The lowest BCUT2D eigenvalue weighted by Crippen LogP contribution is -2.43. The van der Waals surface area contributed by atoms with Crippen LogP contribution in [0.3, 0.4) is 0 Å².